The van der Waals surface area contributed by atoms with Crippen molar-refractivity contribution in [1.82, 2.24) is 4.98 Å². The van der Waals surface area contributed by atoms with Gasteiger partial charge in [0.25, 0.3) is 0 Å². The van der Waals surface area contributed by atoms with E-state index in [0.717, 1.165) is 0 Å². The van der Waals surface area contributed by atoms with Gasteiger partial charge in [0.15, 0.2) is 6.10 Å². The van der Waals surface area contributed by atoms with Crippen LogP contribution in [-0.4, -0.2) is 36.4 Å². The molecule has 0 aliphatic heterocycles. The number of carboxylic acid groups (broad SMARTS) is 1. The summed E-state index contributed by atoms with van der Waals surface area (Å²) in [4.78, 5) is 14.8. The van der Waals surface area contributed by atoms with Gasteiger partial charge in [-0.2, -0.15) is 0 Å². The molecule has 0 aliphatic rings. The lowest BCUT2D eigenvalue weighted by Crippen LogP contribution is -2.25. The monoisotopic (exact) mass is 245 g/mol. The SMILES string of the molecule is COc1nccc(Cl)c1CC(OC)C(=O)O. The van der Waals surface area contributed by atoms with E-state index in [1.807, 2.05) is 0 Å². The summed E-state index contributed by atoms with van der Waals surface area (Å²) in [6.07, 6.45) is 0.644. The number of carbonyl (C=O) groups is 1. The van der Waals surface area contributed by atoms with E-state index >= 15 is 0 Å². The number of rotatable bonds is 5. The Morgan fingerprint density at radius 3 is 2.81 bits per heavy atom. The van der Waals surface area contributed by atoms with Gasteiger partial charge in [-0.05, 0) is 6.07 Å². The fourth-order valence-corrected chi connectivity index (χ4v) is 1.48. The van der Waals surface area contributed by atoms with E-state index in [2.05, 4.69) is 4.98 Å². The van der Waals surface area contributed by atoms with Gasteiger partial charge < -0.3 is 14.6 Å². The molecule has 0 bridgehead atoms. The number of ether oxygens (including phenoxy) is 2. The van der Waals surface area contributed by atoms with Crippen LogP contribution in [0.2, 0.25) is 5.02 Å². The Balaban J connectivity index is 2.98. The highest BCUT2D eigenvalue weighted by atomic mass is 35.5. The second kappa shape index (κ2) is 5.67. The number of aliphatic carboxylic acids is 1. The largest absolute Gasteiger partial charge is 0.481 e. The minimum atomic E-state index is -1.05. The van der Waals surface area contributed by atoms with Crippen molar-refractivity contribution >= 4 is 17.6 Å². The zero-order chi connectivity index (χ0) is 12.1. The number of aromatic nitrogens is 1. The van der Waals surface area contributed by atoms with E-state index in [0.29, 0.717) is 16.5 Å². The molecule has 0 radical (unpaired) electrons. The third-order valence-electron chi connectivity index (χ3n) is 2.10. The van der Waals surface area contributed by atoms with Crippen LogP contribution < -0.4 is 4.74 Å². The van der Waals surface area contributed by atoms with Crippen LogP contribution in [0, 0.1) is 0 Å². The predicted molar refractivity (Wildman–Crippen MR) is 57.9 cm³/mol. The molecule has 1 unspecified atom stereocenters. The minimum Gasteiger partial charge on any atom is -0.481 e. The van der Waals surface area contributed by atoms with Gasteiger partial charge in [0.2, 0.25) is 5.88 Å². The molecule has 1 atom stereocenters. The van der Waals surface area contributed by atoms with E-state index in [4.69, 9.17) is 26.2 Å². The number of hydrogen-bond donors (Lipinski definition) is 1. The summed E-state index contributed by atoms with van der Waals surface area (Å²) < 4.78 is 9.84. The maximum absolute atomic E-state index is 10.8. The highest BCUT2D eigenvalue weighted by Gasteiger charge is 2.21. The molecule has 0 aromatic carbocycles. The maximum Gasteiger partial charge on any atom is 0.333 e. The van der Waals surface area contributed by atoms with Gasteiger partial charge in [0.1, 0.15) is 0 Å². The summed E-state index contributed by atoms with van der Waals surface area (Å²) in [6, 6.07) is 1.58. The Morgan fingerprint density at radius 1 is 1.62 bits per heavy atom. The molecule has 1 heterocycles. The van der Waals surface area contributed by atoms with E-state index in [1.165, 1.54) is 20.4 Å². The van der Waals surface area contributed by atoms with Crippen LogP contribution in [0.1, 0.15) is 5.56 Å². The van der Waals surface area contributed by atoms with E-state index in [-0.39, 0.29) is 6.42 Å². The summed E-state index contributed by atoms with van der Waals surface area (Å²) in [5.41, 5.74) is 0.529. The lowest BCUT2D eigenvalue weighted by atomic mass is 10.1. The molecule has 1 aromatic heterocycles. The van der Waals surface area contributed by atoms with Crippen molar-refractivity contribution in [3.63, 3.8) is 0 Å². The van der Waals surface area contributed by atoms with Crippen molar-refractivity contribution in [2.45, 2.75) is 12.5 Å². The summed E-state index contributed by atoms with van der Waals surface area (Å²) in [7, 11) is 2.78. The van der Waals surface area contributed by atoms with Crippen LogP contribution in [-0.2, 0) is 16.0 Å². The third kappa shape index (κ3) is 2.84. The molecular formula is C10H12ClNO4. The quantitative estimate of drug-likeness (QED) is 0.849. The molecule has 0 aliphatic carbocycles. The Morgan fingerprint density at radius 2 is 2.31 bits per heavy atom. The summed E-state index contributed by atoms with van der Waals surface area (Å²) in [6.45, 7) is 0. The van der Waals surface area contributed by atoms with Crippen LogP contribution in [0.4, 0.5) is 0 Å². The Bertz CT molecular complexity index is 383. The molecule has 1 rings (SSSR count). The lowest BCUT2D eigenvalue weighted by molar-refractivity contribution is -0.148. The molecule has 16 heavy (non-hydrogen) atoms. The average molecular weight is 246 g/mol. The molecule has 5 nitrogen and oxygen atoms in total. The number of methoxy groups -OCH3 is 2. The van der Waals surface area contributed by atoms with E-state index in [1.54, 1.807) is 6.07 Å². The fourth-order valence-electron chi connectivity index (χ4n) is 1.27. The molecule has 0 fully saturated rings. The van der Waals surface area contributed by atoms with Gasteiger partial charge in [0.05, 0.1) is 12.1 Å². The number of pyridine rings is 1. The van der Waals surface area contributed by atoms with Crippen LogP contribution >= 0.6 is 11.6 Å². The molecule has 88 valence electrons. The summed E-state index contributed by atoms with van der Waals surface area (Å²) in [5.74, 6) is -0.736. The van der Waals surface area contributed by atoms with Gasteiger partial charge in [-0.3, -0.25) is 0 Å². The first-order chi connectivity index (χ1) is 7.60. The highest BCUT2D eigenvalue weighted by Crippen LogP contribution is 2.25. The van der Waals surface area contributed by atoms with Crippen molar-refractivity contribution in [2.24, 2.45) is 0 Å². The topological polar surface area (TPSA) is 68.7 Å². The summed E-state index contributed by atoms with van der Waals surface area (Å²) >= 11 is 5.95. The molecule has 0 amide bonds. The third-order valence-corrected chi connectivity index (χ3v) is 2.46. The van der Waals surface area contributed by atoms with Crippen molar-refractivity contribution in [3.05, 3.63) is 22.8 Å². The van der Waals surface area contributed by atoms with Crippen molar-refractivity contribution < 1.29 is 19.4 Å². The van der Waals surface area contributed by atoms with Crippen molar-refractivity contribution in [2.75, 3.05) is 14.2 Å². The normalized spacial score (nSPS) is 12.2. The molecule has 0 spiro atoms. The van der Waals surface area contributed by atoms with Gasteiger partial charge in [0, 0.05) is 25.3 Å². The number of hydrogen-bond acceptors (Lipinski definition) is 4. The Kier molecular flexibility index (Phi) is 4.52. The number of nitrogens with zero attached hydrogens (tertiary/aromatic N) is 1. The molecule has 0 saturated heterocycles. The Labute approximate surface area is 98.0 Å². The Hall–Kier alpha value is -1.33. The van der Waals surface area contributed by atoms with Crippen molar-refractivity contribution in [1.29, 1.82) is 0 Å². The molecule has 6 heteroatoms. The smallest absolute Gasteiger partial charge is 0.333 e. The highest BCUT2D eigenvalue weighted by molar-refractivity contribution is 6.31. The maximum atomic E-state index is 10.8. The van der Waals surface area contributed by atoms with Gasteiger partial charge in [-0.15, -0.1) is 0 Å². The van der Waals surface area contributed by atoms with Crippen LogP contribution in [0.5, 0.6) is 5.88 Å². The first-order valence-corrected chi connectivity index (χ1v) is 4.91. The van der Waals surface area contributed by atoms with Crippen molar-refractivity contribution in [3.8, 4) is 5.88 Å². The molecule has 1 N–H and O–H groups in total. The van der Waals surface area contributed by atoms with Crippen LogP contribution in [0.25, 0.3) is 0 Å². The zero-order valence-electron chi connectivity index (χ0n) is 8.94. The minimum absolute atomic E-state index is 0.113. The lowest BCUT2D eigenvalue weighted by Gasteiger charge is -2.13. The standard InChI is InChI=1S/C10H12ClNO4/c1-15-8(10(13)14)5-6-7(11)3-4-12-9(6)16-2/h3-4,8H,5H2,1-2H3,(H,13,14). The number of halogens is 1. The first-order valence-electron chi connectivity index (χ1n) is 4.53. The van der Waals surface area contributed by atoms with Gasteiger partial charge in [-0.1, -0.05) is 11.6 Å². The van der Waals surface area contributed by atoms with Crippen LogP contribution in [0.3, 0.4) is 0 Å². The van der Waals surface area contributed by atoms with E-state index < -0.39 is 12.1 Å². The first kappa shape index (κ1) is 12.7. The average Bonchev–Trinajstić information content (AvgIpc) is 2.26. The van der Waals surface area contributed by atoms with E-state index in [9.17, 15) is 4.79 Å². The predicted octanol–water partition coefficient (Wildman–Crippen LogP) is 1.39. The summed E-state index contributed by atoms with van der Waals surface area (Å²) in [5, 5.41) is 9.27. The zero-order valence-corrected chi connectivity index (χ0v) is 9.69. The second-order valence-corrected chi connectivity index (χ2v) is 3.45. The second-order valence-electron chi connectivity index (χ2n) is 3.05. The molecule has 0 saturated carbocycles. The molecular weight excluding hydrogens is 234 g/mol. The van der Waals surface area contributed by atoms with Gasteiger partial charge in [-0.25, -0.2) is 9.78 Å². The van der Waals surface area contributed by atoms with Crippen LogP contribution in [0.15, 0.2) is 12.3 Å². The fraction of sp³-hybridized carbons (Fsp3) is 0.400. The molecule has 1 aromatic rings. The number of carboxylic acids is 1. The van der Waals surface area contributed by atoms with Gasteiger partial charge >= 0.3 is 5.97 Å².